The highest BCUT2D eigenvalue weighted by Crippen LogP contribution is 2.38. The molecular weight excluding hydrogens is 755 g/mol. The van der Waals surface area contributed by atoms with Gasteiger partial charge < -0.3 is 14.2 Å². The average Bonchev–Trinajstić information content (AvgIpc) is 3.75. The van der Waals surface area contributed by atoms with Crippen LogP contribution in [0.15, 0.2) is 118 Å². The molecule has 0 radical (unpaired) electrons. The van der Waals surface area contributed by atoms with Gasteiger partial charge in [-0.3, -0.25) is 9.36 Å². The van der Waals surface area contributed by atoms with E-state index in [1.807, 2.05) is 84.3 Å². The SMILES string of the molecule is CCOC(=O)C1=C(c2ccccc2)N=c2s/c(=C\c3cc(I)c(OCc4cccc5ccccc45)c(OC)c3)c(=O)n2[C@H]1c1cccs1. The first-order valence-corrected chi connectivity index (χ1v) is 18.0. The van der Waals surface area contributed by atoms with Gasteiger partial charge in [0, 0.05) is 10.4 Å². The van der Waals surface area contributed by atoms with Gasteiger partial charge in [0.1, 0.15) is 12.6 Å². The number of aromatic nitrogens is 1. The molecule has 1 atom stereocenters. The van der Waals surface area contributed by atoms with Gasteiger partial charge in [-0.05, 0) is 81.1 Å². The van der Waals surface area contributed by atoms with Crippen LogP contribution in [0.1, 0.15) is 34.5 Å². The molecule has 0 amide bonds. The van der Waals surface area contributed by atoms with Crippen molar-refractivity contribution in [3.63, 3.8) is 0 Å². The van der Waals surface area contributed by atoms with E-state index in [-0.39, 0.29) is 12.2 Å². The van der Waals surface area contributed by atoms with Crippen molar-refractivity contribution in [3.8, 4) is 11.5 Å². The lowest BCUT2D eigenvalue weighted by Gasteiger charge is -2.24. The van der Waals surface area contributed by atoms with Crippen LogP contribution in [-0.4, -0.2) is 24.3 Å². The van der Waals surface area contributed by atoms with E-state index in [2.05, 4.69) is 46.9 Å². The standard InChI is InChI=1S/C38H29IN2O5S2/c1-3-45-37(43)32-33(25-12-5-4-6-13-25)40-38-41(34(32)30-17-10-18-47-30)36(42)31(48-38)21-23-19-28(39)35(29(20-23)44-2)46-22-26-15-9-14-24-11-7-8-16-27(24)26/h4-21,34H,3,22H2,1-2H3/b31-21-/t34-/m0/s1. The Balaban J connectivity index is 1.31. The molecule has 0 unspecified atom stereocenters. The number of ether oxygens (including phenoxy) is 3. The highest BCUT2D eigenvalue weighted by molar-refractivity contribution is 14.1. The highest BCUT2D eigenvalue weighted by Gasteiger charge is 2.35. The lowest BCUT2D eigenvalue weighted by molar-refractivity contribution is -0.138. The quantitative estimate of drug-likeness (QED) is 0.113. The van der Waals surface area contributed by atoms with Gasteiger partial charge in [-0.1, -0.05) is 90.2 Å². The first-order chi connectivity index (χ1) is 23.5. The summed E-state index contributed by atoms with van der Waals surface area (Å²) in [5, 5.41) is 4.24. The van der Waals surface area contributed by atoms with Crippen molar-refractivity contribution < 1.29 is 19.0 Å². The third kappa shape index (κ3) is 6.11. The fraction of sp³-hybridized carbons (Fsp3) is 0.132. The van der Waals surface area contributed by atoms with Crippen molar-refractivity contribution in [2.75, 3.05) is 13.7 Å². The van der Waals surface area contributed by atoms with Crippen LogP contribution < -0.4 is 24.4 Å². The number of halogens is 1. The van der Waals surface area contributed by atoms with E-state index in [0.717, 1.165) is 35.9 Å². The maximum Gasteiger partial charge on any atom is 0.338 e. The summed E-state index contributed by atoms with van der Waals surface area (Å²) in [4.78, 5) is 34.1. The van der Waals surface area contributed by atoms with E-state index in [4.69, 9.17) is 19.2 Å². The molecule has 0 fully saturated rings. The molecule has 48 heavy (non-hydrogen) atoms. The number of fused-ring (bicyclic) bond motifs is 2. The molecule has 7 nitrogen and oxygen atoms in total. The molecule has 10 heteroatoms. The predicted molar refractivity (Wildman–Crippen MR) is 199 cm³/mol. The van der Waals surface area contributed by atoms with Crippen molar-refractivity contribution in [3.05, 3.63) is 153 Å². The molecule has 3 heterocycles. The minimum atomic E-state index is -0.683. The van der Waals surface area contributed by atoms with E-state index in [1.165, 1.54) is 22.7 Å². The van der Waals surface area contributed by atoms with E-state index >= 15 is 0 Å². The van der Waals surface area contributed by atoms with E-state index in [0.29, 0.717) is 38.7 Å². The Morgan fingerprint density at radius 1 is 1.00 bits per heavy atom. The first-order valence-electron chi connectivity index (χ1n) is 15.3. The predicted octanol–water partition coefficient (Wildman–Crippen LogP) is 7.34. The Bertz CT molecular complexity index is 2360. The topological polar surface area (TPSA) is 79.1 Å². The summed E-state index contributed by atoms with van der Waals surface area (Å²) in [6.45, 7) is 2.35. The van der Waals surface area contributed by atoms with E-state index < -0.39 is 12.0 Å². The Labute approximate surface area is 298 Å². The molecule has 1 aliphatic rings. The summed E-state index contributed by atoms with van der Waals surface area (Å²) < 4.78 is 20.6. The van der Waals surface area contributed by atoms with Gasteiger partial charge in [0.2, 0.25) is 0 Å². The fourth-order valence-corrected chi connectivity index (χ4v) is 8.44. The third-order valence-corrected chi connectivity index (χ3v) is 10.7. The van der Waals surface area contributed by atoms with Gasteiger partial charge in [0.25, 0.3) is 5.56 Å². The number of nitrogens with zero attached hydrogens (tertiary/aromatic N) is 2. The van der Waals surface area contributed by atoms with Crippen molar-refractivity contribution >= 4 is 73.8 Å². The number of methoxy groups -OCH3 is 1. The smallest absolute Gasteiger partial charge is 0.338 e. The Hall–Kier alpha value is -4.52. The second kappa shape index (κ2) is 13.9. The van der Waals surface area contributed by atoms with E-state index in [1.54, 1.807) is 18.6 Å². The van der Waals surface area contributed by atoms with Gasteiger partial charge in [-0.15, -0.1) is 11.3 Å². The molecule has 7 rings (SSSR count). The summed E-state index contributed by atoms with van der Waals surface area (Å²) in [6, 6.07) is 31.0. The number of carbonyl (C=O) groups excluding carboxylic acids is 1. The number of thiazole rings is 1. The van der Waals surface area contributed by atoms with Crippen LogP contribution in [0.3, 0.4) is 0 Å². The maximum atomic E-state index is 14.2. The van der Waals surface area contributed by atoms with Crippen LogP contribution >= 0.6 is 45.3 Å². The molecule has 2 aromatic heterocycles. The minimum absolute atomic E-state index is 0.202. The lowest BCUT2D eigenvalue weighted by Crippen LogP contribution is -2.39. The molecule has 240 valence electrons. The molecule has 0 aliphatic carbocycles. The molecule has 0 saturated carbocycles. The van der Waals surface area contributed by atoms with Crippen molar-refractivity contribution in [2.24, 2.45) is 4.99 Å². The normalized spacial score (nSPS) is 14.5. The Morgan fingerprint density at radius 3 is 2.56 bits per heavy atom. The zero-order valence-electron chi connectivity index (χ0n) is 26.0. The molecule has 0 bridgehead atoms. The van der Waals surface area contributed by atoms with E-state index in [9.17, 15) is 9.59 Å². The van der Waals surface area contributed by atoms with Crippen LogP contribution in [0.25, 0.3) is 22.5 Å². The number of hydrogen-bond donors (Lipinski definition) is 0. The number of carbonyl (C=O) groups is 1. The molecule has 4 aromatic carbocycles. The second-order valence-electron chi connectivity index (χ2n) is 10.9. The first kappa shape index (κ1) is 32.0. The second-order valence-corrected chi connectivity index (χ2v) is 14.1. The lowest BCUT2D eigenvalue weighted by atomic mass is 9.97. The van der Waals surface area contributed by atoms with Crippen LogP contribution in [0.4, 0.5) is 0 Å². The molecule has 0 N–H and O–H groups in total. The number of thiophene rings is 1. The number of benzene rings is 4. The van der Waals surface area contributed by atoms with Crippen LogP contribution in [0.5, 0.6) is 11.5 Å². The van der Waals surface area contributed by atoms with Crippen LogP contribution in [0, 0.1) is 3.57 Å². The van der Waals surface area contributed by atoms with Gasteiger partial charge in [0.15, 0.2) is 16.3 Å². The summed E-state index contributed by atoms with van der Waals surface area (Å²) in [7, 11) is 1.61. The van der Waals surface area contributed by atoms with Crippen LogP contribution in [0.2, 0.25) is 0 Å². The third-order valence-electron chi connectivity index (χ3n) is 7.99. The van der Waals surface area contributed by atoms with Crippen molar-refractivity contribution in [1.29, 1.82) is 0 Å². The molecule has 6 aromatic rings. The fourth-order valence-electron chi connectivity index (χ4n) is 5.84. The minimum Gasteiger partial charge on any atom is -0.493 e. The Morgan fingerprint density at radius 2 is 1.79 bits per heavy atom. The molecule has 0 spiro atoms. The number of hydrogen-bond acceptors (Lipinski definition) is 8. The average molecular weight is 785 g/mol. The van der Waals surface area contributed by atoms with Crippen LogP contribution in [-0.2, 0) is 16.1 Å². The van der Waals surface area contributed by atoms with Gasteiger partial charge in [-0.2, -0.15) is 0 Å². The summed E-state index contributed by atoms with van der Waals surface area (Å²) in [5.74, 6) is 0.702. The summed E-state index contributed by atoms with van der Waals surface area (Å²) >= 11 is 5.01. The van der Waals surface area contributed by atoms with Gasteiger partial charge in [0.05, 0.1) is 33.1 Å². The largest absolute Gasteiger partial charge is 0.493 e. The zero-order chi connectivity index (χ0) is 33.2. The van der Waals surface area contributed by atoms with Crippen molar-refractivity contribution in [2.45, 2.75) is 19.6 Å². The number of rotatable bonds is 9. The summed E-state index contributed by atoms with van der Waals surface area (Å²) in [6.07, 6.45) is 1.84. The van der Waals surface area contributed by atoms with Crippen molar-refractivity contribution in [1.82, 2.24) is 4.57 Å². The van der Waals surface area contributed by atoms with Gasteiger partial charge >= 0.3 is 5.97 Å². The maximum absolute atomic E-state index is 14.2. The number of esters is 1. The van der Waals surface area contributed by atoms with Gasteiger partial charge in [-0.25, -0.2) is 9.79 Å². The monoisotopic (exact) mass is 784 g/mol. The zero-order valence-corrected chi connectivity index (χ0v) is 29.8. The molecular formula is C38H29IN2O5S2. The summed E-state index contributed by atoms with van der Waals surface area (Å²) in [5.41, 5.74) is 3.24. The molecule has 0 saturated heterocycles. The molecule has 1 aliphatic heterocycles. The Kier molecular flexibility index (Phi) is 9.29. The highest BCUT2D eigenvalue weighted by atomic mass is 127.